The summed E-state index contributed by atoms with van der Waals surface area (Å²) in [6.07, 6.45) is 1.31. The molecule has 86 valence electrons. The van der Waals surface area contributed by atoms with Gasteiger partial charge in [-0.1, -0.05) is 6.92 Å². The molecule has 0 amide bonds. The molecular weight excluding hydrogens is 178 g/mol. The van der Waals surface area contributed by atoms with Gasteiger partial charge >= 0.3 is 0 Å². The molecule has 0 radical (unpaired) electrons. The number of methoxy groups -OCH3 is 1. The highest BCUT2D eigenvalue weighted by Gasteiger charge is 2.20. The van der Waals surface area contributed by atoms with Gasteiger partial charge in [-0.2, -0.15) is 0 Å². The third-order valence-corrected chi connectivity index (χ3v) is 1.90. The summed E-state index contributed by atoms with van der Waals surface area (Å²) in [4.78, 5) is 0. The summed E-state index contributed by atoms with van der Waals surface area (Å²) in [6, 6.07) is 0. The Balaban J connectivity index is 3.69. The number of hydrogen-bond acceptors (Lipinski definition) is 3. The number of nitrogens with one attached hydrogen (secondary N) is 1. The maximum atomic E-state index is 5.84. The second kappa shape index (κ2) is 7.21. The molecule has 0 fully saturated rings. The number of rotatable bonds is 8. The molecule has 0 aliphatic carbocycles. The number of ether oxygens (including phenoxy) is 2. The van der Waals surface area contributed by atoms with E-state index in [1.807, 2.05) is 6.92 Å². The van der Waals surface area contributed by atoms with Crippen LogP contribution in [0.2, 0.25) is 0 Å². The van der Waals surface area contributed by atoms with Gasteiger partial charge in [0.25, 0.3) is 0 Å². The highest BCUT2D eigenvalue weighted by atomic mass is 16.5. The van der Waals surface area contributed by atoms with Crippen molar-refractivity contribution in [3.8, 4) is 0 Å². The highest BCUT2D eigenvalue weighted by molar-refractivity contribution is 4.73. The zero-order valence-electron chi connectivity index (χ0n) is 10.2. The maximum absolute atomic E-state index is 5.84. The van der Waals surface area contributed by atoms with E-state index in [0.29, 0.717) is 6.61 Å². The highest BCUT2D eigenvalue weighted by Crippen LogP contribution is 2.11. The van der Waals surface area contributed by atoms with Crippen LogP contribution in [0.5, 0.6) is 0 Å². The fraction of sp³-hybridized carbons (Fsp3) is 1.00. The Morgan fingerprint density at radius 2 is 2.00 bits per heavy atom. The van der Waals surface area contributed by atoms with E-state index in [9.17, 15) is 0 Å². The lowest BCUT2D eigenvalue weighted by Crippen LogP contribution is -2.41. The van der Waals surface area contributed by atoms with Crippen molar-refractivity contribution in [2.45, 2.75) is 45.8 Å². The zero-order chi connectivity index (χ0) is 11.0. The van der Waals surface area contributed by atoms with E-state index in [2.05, 4.69) is 26.1 Å². The van der Waals surface area contributed by atoms with Crippen LogP contribution in [-0.4, -0.2) is 38.5 Å². The van der Waals surface area contributed by atoms with Crippen molar-refractivity contribution in [2.75, 3.05) is 26.8 Å². The molecule has 1 atom stereocenters. The van der Waals surface area contributed by atoms with Gasteiger partial charge in [-0.3, -0.25) is 0 Å². The minimum absolute atomic E-state index is 0.118. The Labute approximate surface area is 88.2 Å². The first-order valence-electron chi connectivity index (χ1n) is 5.39. The first kappa shape index (κ1) is 13.9. The molecule has 1 N–H and O–H groups in total. The van der Waals surface area contributed by atoms with E-state index in [1.54, 1.807) is 7.11 Å². The molecule has 0 rings (SSSR count). The summed E-state index contributed by atoms with van der Waals surface area (Å²) < 4.78 is 10.9. The molecule has 0 saturated heterocycles. The van der Waals surface area contributed by atoms with Gasteiger partial charge in [-0.25, -0.2) is 0 Å². The van der Waals surface area contributed by atoms with Crippen LogP contribution < -0.4 is 5.32 Å². The maximum Gasteiger partial charge on any atom is 0.0788 e. The minimum Gasteiger partial charge on any atom is -0.382 e. The average molecular weight is 203 g/mol. The molecule has 0 heterocycles. The fourth-order valence-corrected chi connectivity index (χ4v) is 1.42. The molecular formula is C11H25NO2. The van der Waals surface area contributed by atoms with Crippen LogP contribution in [0.4, 0.5) is 0 Å². The molecule has 14 heavy (non-hydrogen) atoms. The molecule has 3 nitrogen and oxygen atoms in total. The molecule has 1 unspecified atom stereocenters. The molecule has 0 aromatic rings. The van der Waals surface area contributed by atoms with Crippen molar-refractivity contribution in [3.63, 3.8) is 0 Å². The number of hydrogen-bond donors (Lipinski definition) is 1. The van der Waals surface area contributed by atoms with E-state index in [-0.39, 0.29) is 11.7 Å². The summed E-state index contributed by atoms with van der Waals surface area (Å²) in [5.74, 6) is 0. The van der Waals surface area contributed by atoms with Crippen molar-refractivity contribution in [1.29, 1.82) is 0 Å². The largest absolute Gasteiger partial charge is 0.382 e. The molecule has 0 spiro atoms. The second-order valence-corrected chi connectivity index (χ2v) is 4.32. The fourth-order valence-electron chi connectivity index (χ4n) is 1.42. The molecule has 3 heteroatoms. The lowest BCUT2D eigenvalue weighted by molar-refractivity contribution is -0.0858. The van der Waals surface area contributed by atoms with E-state index < -0.39 is 0 Å². The van der Waals surface area contributed by atoms with Crippen LogP contribution in [0, 0.1) is 0 Å². The van der Waals surface area contributed by atoms with E-state index >= 15 is 0 Å². The van der Waals surface area contributed by atoms with Crippen molar-refractivity contribution in [3.05, 3.63) is 0 Å². The van der Waals surface area contributed by atoms with Crippen LogP contribution in [0.1, 0.15) is 34.1 Å². The second-order valence-electron chi connectivity index (χ2n) is 4.32. The first-order chi connectivity index (χ1) is 6.52. The smallest absolute Gasteiger partial charge is 0.0788 e. The van der Waals surface area contributed by atoms with Crippen molar-refractivity contribution in [1.82, 2.24) is 5.32 Å². The third kappa shape index (κ3) is 7.30. The van der Waals surface area contributed by atoms with Crippen molar-refractivity contribution >= 4 is 0 Å². The Kier molecular flexibility index (Phi) is 7.15. The Morgan fingerprint density at radius 3 is 2.50 bits per heavy atom. The zero-order valence-corrected chi connectivity index (χ0v) is 10.2. The van der Waals surface area contributed by atoms with Crippen molar-refractivity contribution < 1.29 is 9.47 Å². The summed E-state index contributed by atoms with van der Waals surface area (Å²) in [7, 11) is 1.70. The molecule has 0 aliphatic rings. The molecule has 0 aliphatic heterocycles. The molecule has 0 aromatic carbocycles. The normalized spacial score (nSPS) is 14.4. The van der Waals surface area contributed by atoms with Crippen LogP contribution in [-0.2, 0) is 9.47 Å². The lowest BCUT2D eigenvalue weighted by atomic mass is 10.1. The topological polar surface area (TPSA) is 30.5 Å². The predicted molar refractivity (Wildman–Crippen MR) is 59.7 cm³/mol. The van der Waals surface area contributed by atoms with Gasteiger partial charge in [-0.15, -0.1) is 0 Å². The summed E-state index contributed by atoms with van der Waals surface area (Å²) in [5.41, 5.74) is -0.118. The van der Waals surface area contributed by atoms with Gasteiger partial charge in [0, 0.05) is 13.7 Å². The first-order valence-corrected chi connectivity index (χ1v) is 5.39. The molecule has 0 saturated carbocycles. The van der Waals surface area contributed by atoms with Gasteiger partial charge in [0.05, 0.1) is 18.3 Å². The van der Waals surface area contributed by atoms with Crippen LogP contribution in [0.25, 0.3) is 0 Å². The van der Waals surface area contributed by atoms with E-state index in [1.165, 1.54) is 0 Å². The van der Waals surface area contributed by atoms with Crippen LogP contribution >= 0.6 is 0 Å². The third-order valence-electron chi connectivity index (χ3n) is 1.90. The van der Waals surface area contributed by atoms with E-state index in [0.717, 1.165) is 19.5 Å². The Morgan fingerprint density at radius 1 is 1.36 bits per heavy atom. The molecule has 0 bridgehead atoms. The summed E-state index contributed by atoms with van der Waals surface area (Å²) >= 11 is 0. The average Bonchev–Trinajstić information content (AvgIpc) is 2.03. The Bertz CT molecular complexity index is 137. The van der Waals surface area contributed by atoms with Gasteiger partial charge in [0.15, 0.2) is 0 Å². The quantitative estimate of drug-likeness (QED) is 0.610. The summed E-state index contributed by atoms with van der Waals surface area (Å²) in [5, 5.41) is 3.36. The lowest BCUT2D eigenvalue weighted by Gasteiger charge is -2.29. The summed E-state index contributed by atoms with van der Waals surface area (Å²) in [6.45, 7) is 11.0. The Hall–Kier alpha value is -0.120. The van der Waals surface area contributed by atoms with Gasteiger partial charge in [0.1, 0.15) is 0 Å². The molecule has 0 aromatic heterocycles. The monoisotopic (exact) mass is 203 g/mol. The van der Waals surface area contributed by atoms with Gasteiger partial charge < -0.3 is 14.8 Å². The van der Waals surface area contributed by atoms with E-state index in [4.69, 9.17) is 9.47 Å². The van der Waals surface area contributed by atoms with Crippen molar-refractivity contribution in [2.24, 2.45) is 0 Å². The van der Waals surface area contributed by atoms with Gasteiger partial charge in [0.2, 0.25) is 0 Å². The minimum atomic E-state index is -0.118. The SMILES string of the molecule is CCCNCC(C)(C)OC(C)COC. The predicted octanol–water partition coefficient (Wildman–Crippen LogP) is 1.82. The van der Waals surface area contributed by atoms with Crippen LogP contribution in [0.3, 0.4) is 0 Å². The van der Waals surface area contributed by atoms with Gasteiger partial charge in [-0.05, 0) is 33.7 Å². The standard InChI is InChI=1S/C11H25NO2/c1-6-7-12-9-11(3,4)14-10(2)8-13-5/h10,12H,6-9H2,1-5H3. The van der Waals surface area contributed by atoms with Crippen LogP contribution in [0.15, 0.2) is 0 Å².